The summed E-state index contributed by atoms with van der Waals surface area (Å²) in [7, 11) is 0. The molecule has 0 unspecified atom stereocenters. The summed E-state index contributed by atoms with van der Waals surface area (Å²) in [6.45, 7) is 0. The molecule has 1 fully saturated rings. The van der Waals surface area contributed by atoms with Crippen LogP contribution in [0.25, 0.3) is 0 Å². The van der Waals surface area contributed by atoms with Gasteiger partial charge in [0.1, 0.15) is 10.4 Å². The lowest BCUT2D eigenvalue weighted by Crippen LogP contribution is -2.25. The summed E-state index contributed by atoms with van der Waals surface area (Å²) in [4.78, 5) is 8.38. The number of nitrogen functional groups attached to an aromatic ring is 1. The molecule has 1 aliphatic heterocycles. The molecule has 0 radical (unpaired) electrons. The lowest BCUT2D eigenvalue weighted by molar-refractivity contribution is 0.660. The summed E-state index contributed by atoms with van der Waals surface area (Å²) >= 11 is 5.30. The number of hydrogen-bond acceptors (Lipinski definition) is 5. The summed E-state index contributed by atoms with van der Waals surface area (Å²) in [5, 5.41) is 3.32. The van der Waals surface area contributed by atoms with Crippen LogP contribution in [-0.2, 0) is 0 Å². The van der Waals surface area contributed by atoms with Crippen molar-refractivity contribution in [3.05, 3.63) is 10.7 Å². The van der Waals surface area contributed by atoms with E-state index >= 15 is 0 Å². The maximum Gasteiger partial charge on any atom is 0.225 e. The third-order valence-corrected chi connectivity index (χ3v) is 3.72. The first kappa shape index (κ1) is 11.0. The quantitative estimate of drug-likeness (QED) is 0.817. The smallest absolute Gasteiger partial charge is 0.225 e. The van der Waals surface area contributed by atoms with Crippen molar-refractivity contribution in [2.75, 3.05) is 22.6 Å². The summed E-state index contributed by atoms with van der Waals surface area (Å²) in [6, 6.07) is 2.18. The molecule has 0 amide bonds. The van der Waals surface area contributed by atoms with Crippen LogP contribution in [0.5, 0.6) is 0 Å². The van der Waals surface area contributed by atoms with Gasteiger partial charge < -0.3 is 11.1 Å². The Bertz CT molecular complexity index is 321. The zero-order valence-corrected chi connectivity index (χ0v) is 10.6. The van der Waals surface area contributed by atoms with Gasteiger partial charge in [-0.15, -0.1) is 0 Å². The number of rotatable bonds is 2. The Kier molecular flexibility index (Phi) is 3.69. The predicted molar refractivity (Wildman–Crippen MR) is 68.1 cm³/mol. The molecular weight excluding hydrogens is 276 g/mol. The van der Waals surface area contributed by atoms with E-state index in [0.29, 0.717) is 17.8 Å². The largest absolute Gasteiger partial charge is 0.383 e. The van der Waals surface area contributed by atoms with Crippen LogP contribution < -0.4 is 11.1 Å². The molecule has 6 heteroatoms. The molecule has 2 heterocycles. The van der Waals surface area contributed by atoms with Crippen molar-refractivity contribution in [1.29, 1.82) is 0 Å². The molecule has 0 saturated carbocycles. The molecule has 2 rings (SSSR count). The highest BCUT2D eigenvalue weighted by atomic mass is 79.9. The molecule has 0 aromatic carbocycles. The van der Waals surface area contributed by atoms with Gasteiger partial charge in [0.05, 0.1) is 0 Å². The van der Waals surface area contributed by atoms with E-state index in [-0.39, 0.29) is 0 Å². The summed E-state index contributed by atoms with van der Waals surface area (Å²) in [5.74, 6) is 3.53. The van der Waals surface area contributed by atoms with Crippen molar-refractivity contribution in [3.63, 3.8) is 0 Å². The molecule has 0 aliphatic carbocycles. The van der Waals surface area contributed by atoms with Crippen molar-refractivity contribution < 1.29 is 0 Å². The molecule has 4 nitrogen and oxygen atoms in total. The second-order valence-corrected chi connectivity index (χ2v) is 5.51. The first-order valence-corrected chi connectivity index (χ1v) is 6.83. The second-order valence-electron chi connectivity index (χ2n) is 3.47. The molecular formula is C9H13BrN4S. The van der Waals surface area contributed by atoms with Crippen LogP contribution in [0.1, 0.15) is 12.8 Å². The van der Waals surface area contributed by atoms with Crippen molar-refractivity contribution in [1.82, 2.24) is 9.97 Å². The molecule has 82 valence electrons. The Morgan fingerprint density at radius 1 is 1.40 bits per heavy atom. The van der Waals surface area contributed by atoms with Crippen LogP contribution in [0.2, 0.25) is 0 Å². The van der Waals surface area contributed by atoms with Crippen LogP contribution in [0, 0.1) is 0 Å². The predicted octanol–water partition coefficient (Wildman–Crippen LogP) is 2.13. The molecule has 15 heavy (non-hydrogen) atoms. The van der Waals surface area contributed by atoms with E-state index in [0.717, 1.165) is 4.60 Å². The number of nitrogens with two attached hydrogens (primary N) is 1. The maximum atomic E-state index is 5.64. The van der Waals surface area contributed by atoms with Crippen molar-refractivity contribution >= 4 is 39.5 Å². The second kappa shape index (κ2) is 5.03. The monoisotopic (exact) mass is 288 g/mol. The zero-order chi connectivity index (χ0) is 10.7. The molecule has 0 bridgehead atoms. The van der Waals surface area contributed by atoms with Crippen molar-refractivity contribution in [2.45, 2.75) is 18.9 Å². The Labute approximate surface area is 102 Å². The number of hydrogen-bond donors (Lipinski definition) is 2. The minimum Gasteiger partial charge on any atom is -0.383 e. The van der Waals surface area contributed by atoms with E-state index in [1.807, 2.05) is 11.8 Å². The zero-order valence-electron chi connectivity index (χ0n) is 8.24. The summed E-state index contributed by atoms with van der Waals surface area (Å²) < 4.78 is 0.725. The molecule has 1 aromatic rings. The van der Waals surface area contributed by atoms with Crippen LogP contribution in [0.4, 0.5) is 11.8 Å². The fourth-order valence-electron chi connectivity index (χ4n) is 1.52. The molecule has 1 aromatic heterocycles. The molecule has 3 N–H and O–H groups in total. The Balaban J connectivity index is 2.02. The minimum absolute atomic E-state index is 0.486. The highest BCUT2D eigenvalue weighted by Crippen LogP contribution is 2.20. The van der Waals surface area contributed by atoms with Gasteiger partial charge in [-0.3, -0.25) is 0 Å². The van der Waals surface area contributed by atoms with Gasteiger partial charge in [-0.05, 0) is 40.3 Å². The SMILES string of the molecule is Nc1cc(Br)nc(NC2CCSCC2)n1. The van der Waals surface area contributed by atoms with E-state index in [4.69, 9.17) is 5.73 Å². The maximum absolute atomic E-state index is 5.64. The third-order valence-electron chi connectivity index (χ3n) is 2.27. The minimum atomic E-state index is 0.486. The first-order valence-electron chi connectivity index (χ1n) is 4.88. The average molecular weight is 289 g/mol. The van der Waals surface area contributed by atoms with Gasteiger partial charge in [-0.25, -0.2) is 4.98 Å². The van der Waals surface area contributed by atoms with Crippen molar-refractivity contribution in [2.24, 2.45) is 0 Å². The topological polar surface area (TPSA) is 63.8 Å². The first-order chi connectivity index (χ1) is 7.24. The van der Waals surface area contributed by atoms with Gasteiger partial charge in [0.2, 0.25) is 5.95 Å². The highest BCUT2D eigenvalue weighted by molar-refractivity contribution is 9.10. The Morgan fingerprint density at radius 2 is 2.13 bits per heavy atom. The van der Waals surface area contributed by atoms with E-state index in [1.165, 1.54) is 24.3 Å². The van der Waals surface area contributed by atoms with Gasteiger partial charge in [-0.1, -0.05) is 0 Å². The van der Waals surface area contributed by atoms with Crippen LogP contribution in [0.3, 0.4) is 0 Å². The number of thioether (sulfide) groups is 1. The molecule has 0 atom stereocenters. The number of halogens is 1. The Morgan fingerprint density at radius 3 is 2.80 bits per heavy atom. The van der Waals surface area contributed by atoms with Crippen LogP contribution in [-0.4, -0.2) is 27.5 Å². The van der Waals surface area contributed by atoms with E-state index in [9.17, 15) is 0 Å². The van der Waals surface area contributed by atoms with Gasteiger partial charge >= 0.3 is 0 Å². The van der Waals surface area contributed by atoms with E-state index in [2.05, 4.69) is 31.2 Å². The third kappa shape index (κ3) is 3.24. The van der Waals surface area contributed by atoms with E-state index in [1.54, 1.807) is 6.07 Å². The number of aromatic nitrogens is 2. The van der Waals surface area contributed by atoms with Gasteiger partial charge in [0.15, 0.2) is 0 Å². The molecule has 1 saturated heterocycles. The lowest BCUT2D eigenvalue weighted by Gasteiger charge is -2.22. The standard InChI is InChI=1S/C9H13BrN4S/c10-7-5-8(11)14-9(13-7)12-6-1-3-15-4-2-6/h5-6H,1-4H2,(H3,11,12,13,14). The fraction of sp³-hybridized carbons (Fsp3) is 0.556. The average Bonchev–Trinajstić information content (AvgIpc) is 2.17. The van der Waals surface area contributed by atoms with E-state index < -0.39 is 0 Å². The number of nitrogens with one attached hydrogen (secondary N) is 1. The fourth-order valence-corrected chi connectivity index (χ4v) is 3.03. The van der Waals surface area contributed by atoms with Crippen LogP contribution >= 0.6 is 27.7 Å². The highest BCUT2D eigenvalue weighted by Gasteiger charge is 2.14. The van der Waals surface area contributed by atoms with Gasteiger partial charge in [0, 0.05) is 12.1 Å². The summed E-state index contributed by atoms with van der Waals surface area (Å²) in [5.41, 5.74) is 5.64. The normalized spacial score (nSPS) is 17.7. The Hall–Kier alpha value is -0.490. The molecule has 1 aliphatic rings. The number of nitrogens with zero attached hydrogens (tertiary/aromatic N) is 2. The lowest BCUT2D eigenvalue weighted by atomic mass is 10.2. The number of anilines is 2. The van der Waals surface area contributed by atoms with Gasteiger partial charge in [0.25, 0.3) is 0 Å². The molecule has 0 spiro atoms. The summed E-state index contributed by atoms with van der Waals surface area (Å²) in [6.07, 6.45) is 2.33. The van der Waals surface area contributed by atoms with Crippen molar-refractivity contribution in [3.8, 4) is 0 Å². The van der Waals surface area contributed by atoms with Crippen LogP contribution in [0.15, 0.2) is 10.7 Å². The van der Waals surface area contributed by atoms with Gasteiger partial charge in [-0.2, -0.15) is 16.7 Å².